The summed E-state index contributed by atoms with van der Waals surface area (Å²) >= 11 is 5.51. The van der Waals surface area contributed by atoms with E-state index in [4.69, 9.17) is 25.8 Å². The van der Waals surface area contributed by atoms with Crippen LogP contribution < -0.4 is 5.32 Å². The zero-order chi connectivity index (χ0) is 19.6. The van der Waals surface area contributed by atoms with Gasteiger partial charge in [0.15, 0.2) is 0 Å². The van der Waals surface area contributed by atoms with Gasteiger partial charge in [0.1, 0.15) is 6.61 Å². The molecule has 1 N–H and O–H groups in total. The second kappa shape index (κ2) is 11.1. The fourth-order valence-electron chi connectivity index (χ4n) is 3.39. The molecule has 28 heavy (non-hydrogen) atoms. The Kier molecular flexibility index (Phi) is 8.15. The van der Waals surface area contributed by atoms with E-state index in [9.17, 15) is 4.79 Å². The highest BCUT2D eigenvalue weighted by atomic mass is 35.5. The van der Waals surface area contributed by atoms with E-state index in [0.29, 0.717) is 45.5 Å². The third-order valence-electron chi connectivity index (χ3n) is 4.67. The van der Waals surface area contributed by atoms with E-state index in [1.807, 2.05) is 24.3 Å². The Hall–Kier alpha value is -2.08. The zero-order valence-corrected chi connectivity index (χ0v) is 16.6. The number of alkyl carbamates (subject to hydrolysis) is 1. The number of ether oxygens (including phenoxy) is 3. The van der Waals surface area contributed by atoms with Gasteiger partial charge in [-0.05, 0) is 28.7 Å². The van der Waals surface area contributed by atoms with Gasteiger partial charge in [0.25, 0.3) is 0 Å². The lowest BCUT2D eigenvalue weighted by Crippen LogP contribution is -2.27. The number of nitrogens with one attached hydrogen (secondary N) is 1. The van der Waals surface area contributed by atoms with Gasteiger partial charge in [-0.3, -0.25) is 0 Å². The molecule has 1 aliphatic carbocycles. The van der Waals surface area contributed by atoms with Crippen LogP contribution in [0.1, 0.15) is 23.5 Å². The van der Waals surface area contributed by atoms with Gasteiger partial charge in [0, 0.05) is 24.9 Å². The van der Waals surface area contributed by atoms with Gasteiger partial charge in [0.05, 0.1) is 19.8 Å². The summed E-state index contributed by atoms with van der Waals surface area (Å²) in [5.74, 6) is 0.568. The number of hydrogen-bond donors (Lipinski definition) is 1. The van der Waals surface area contributed by atoms with Crippen molar-refractivity contribution in [1.29, 1.82) is 0 Å². The molecule has 3 rings (SSSR count). The fourth-order valence-corrected chi connectivity index (χ4v) is 3.50. The molecule has 2 aromatic carbocycles. The standard InChI is InChI=1S/C22H26ClNO4/c23-10-13-27-15-14-26-12-5-11-24-22(25)28-16-21-19-8-3-1-6-17(19)18-7-2-4-9-20(18)21/h1-4,6-9,21H,5,10-16H2,(H,24,25). The molecule has 0 aromatic heterocycles. The summed E-state index contributed by atoms with van der Waals surface area (Å²) in [7, 11) is 0. The summed E-state index contributed by atoms with van der Waals surface area (Å²) in [5.41, 5.74) is 4.86. The highest BCUT2D eigenvalue weighted by Gasteiger charge is 2.28. The van der Waals surface area contributed by atoms with Crippen LogP contribution in [0.5, 0.6) is 0 Å². The Labute approximate surface area is 170 Å². The molecule has 5 nitrogen and oxygen atoms in total. The van der Waals surface area contributed by atoms with Crippen LogP contribution in [0.25, 0.3) is 11.1 Å². The van der Waals surface area contributed by atoms with Crippen molar-refractivity contribution in [3.63, 3.8) is 0 Å². The number of carbonyl (C=O) groups is 1. The predicted molar refractivity (Wildman–Crippen MR) is 110 cm³/mol. The molecule has 2 aromatic rings. The van der Waals surface area contributed by atoms with Gasteiger partial charge < -0.3 is 19.5 Å². The quantitative estimate of drug-likeness (QED) is 0.451. The topological polar surface area (TPSA) is 56.8 Å². The second-order valence-electron chi connectivity index (χ2n) is 6.52. The largest absolute Gasteiger partial charge is 0.449 e. The van der Waals surface area contributed by atoms with Gasteiger partial charge in [-0.25, -0.2) is 4.79 Å². The maximum atomic E-state index is 12.0. The van der Waals surface area contributed by atoms with Crippen LogP contribution in [-0.4, -0.2) is 51.6 Å². The SMILES string of the molecule is O=C(NCCCOCCOCCCl)OCC1c2ccccc2-c2ccccc21. The molecule has 0 saturated carbocycles. The average molecular weight is 404 g/mol. The number of hydrogen-bond acceptors (Lipinski definition) is 4. The van der Waals surface area contributed by atoms with Crippen LogP contribution in [0, 0.1) is 0 Å². The maximum absolute atomic E-state index is 12.0. The lowest BCUT2D eigenvalue weighted by molar-refractivity contribution is 0.0525. The van der Waals surface area contributed by atoms with E-state index in [1.54, 1.807) is 0 Å². The Morgan fingerprint density at radius 1 is 0.893 bits per heavy atom. The number of carbonyl (C=O) groups excluding carboxylic acids is 1. The predicted octanol–water partition coefficient (Wildman–Crippen LogP) is 4.19. The summed E-state index contributed by atoms with van der Waals surface area (Å²) in [6.45, 7) is 3.00. The van der Waals surface area contributed by atoms with Crippen molar-refractivity contribution in [2.75, 3.05) is 45.5 Å². The van der Waals surface area contributed by atoms with E-state index in [1.165, 1.54) is 22.3 Å². The Morgan fingerprint density at radius 3 is 2.14 bits per heavy atom. The maximum Gasteiger partial charge on any atom is 0.407 e. The van der Waals surface area contributed by atoms with E-state index in [2.05, 4.69) is 29.6 Å². The highest BCUT2D eigenvalue weighted by Crippen LogP contribution is 2.44. The van der Waals surface area contributed by atoms with E-state index >= 15 is 0 Å². The molecule has 150 valence electrons. The molecule has 0 bridgehead atoms. The minimum Gasteiger partial charge on any atom is -0.449 e. The lowest BCUT2D eigenvalue weighted by atomic mass is 9.98. The third kappa shape index (κ3) is 5.47. The first-order chi connectivity index (χ1) is 13.8. The Morgan fingerprint density at radius 2 is 1.50 bits per heavy atom. The van der Waals surface area contributed by atoms with Gasteiger partial charge >= 0.3 is 6.09 Å². The number of fused-ring (bicyclic) bond motifs is 3. The van der Waals surface area contributed by atoms with Crippen molar-refractivity contribution in [3.05, 3.63) is 59.7 Å². The summed E-state index contributed by atoms with van der Waals surface area (Å²) in [6.07, 6.45) is 0.326. The molecular formula is C22H26ClNO4. The van der Waals surface area contributed by atoms with Crippen molar-refractivity contribution in [1.82, 2.24) is 5.32 Å². The number of amides is 1. The van der Waals surface area contributed by atoms with Gasteiger partial charge in [-0.1, -0.05) is 48.5 Å². The number of halogens is 1. The third-order valence-corrected chi connectivity index (χ3v) is 4.83. The van der Waals surface area contributed by atoms with Crippen LogP contribution in [0.15, 0.2) is 48.5 Å². The second-order valence-corrected chi connectivity index (χ2v) is 6.90. The summed E-state index contributed by atoms with van der Waals surface area (Å²) in [5, 5.41) is 2.78. The molecule has 6 heteroatoms. The number of benzene rings is 2. The lowest BCUT2D eigenvalue weighted by Gasteiger charge is -2.14. The van der Waals surface area contributed by atoms with E-state index in [-0.39, 0.29) is 5.92 Å². The van der Waals surface area contributed by atoms with Crippen molar-refractivity contribution < 1.29 is 19.0 Å². The smallest absolute Gasteiger partial charge is 0.407 e. The normalized spacial score (nSPS) is 12.5. The molecule has 0 aliphatic heterocycles. The molecule has 0 heterocycles. The molecule has 0 unspecified atom stereocenters. The minimum atomic E-state index is -0.396. The summed E-state index contributed by atoms with van der Waals surface area (Å²) in [4.78, 5) is 12.0. The van der Waals surface area contributed by atoms with Gasteiger partial charge in [-0.15, -0.1) is 11.6 Å². The Balaban J connectivity index is 1.37. The molecule has 1 amide bonds. The first-order valence-corrected chi connectivity index (χ1v) is 10.1. The van der Waals surface area contributed by atoms with E-state index in [0.717, 1.165) is 6.42 Å². The van der Waals surface area contributed by atoms with Gasteiger partial charge in [0.2, 0.25) is 0 Å². The molecule has 0 fully saturated rings. The molecule has 0 spiro atoms. The highest BCUT2D eigenvalue weighted by molar-refractivity contribution is 6.17. The number of alkyl halides is 1. The number of rotatable bonds is 11. The van der Waals surface area contributed by atoms with Crippen LogP contribution in [0.3, 0.4) is 0 Å². The molecule has 0 atom stereocenters. The summed E-state index contributed by atoms with van der Waals surface area (Å²) < 4.78 is 16.1. The van der Waals surface area contributed by atoms with Crippen molar-refractivity contribution in [2.45, 2.75) is 12.3 Å². The van der Waals surface area contributed by atoms with Crippen molar-refractivity contribution in [3.8, 4) is 11.1 Å². The van der Waals surface area contributed by atoms with Gasteiger partial charge in [-0.2, -0.15) is 0 Å². The average Bonchev–Trinajstić information content (AvgIpc) is 3.05. The fraction of sp³-hybridized carbons (Fsp3) is 0.409. The Bertz CT molecular complexity index is 722. The molecular weight excluding hydrogens is 378 g/mol. The summed E-state index contributed by atoms with van der Waals surface area (Å²) in [6, 6.07) is 16.6. The van der Waals surface area contributed by atoms with Crippen molar-refractivity contribution >= 4 is 17.7 Å². The van der Waals surface area contributed by atoms with Crippen LogP contribution in [0.2, 0.25) is 0 Å². The molecule has 1 aliphatic rings. The monoisotopic (exact) mass is 403 g/mol. The first kappa shape index (κ1) is 20.6. The first-order valence-electron chi connectivity index (χ1n) is 9.61. The van der Waals surface area contributed by atoms with Crippen LogP contribution >= 0.6 is 11.6 Å². The minimum absolute atomic E-state index is 0.0782. The molecule has 0 saturated heterocycles. The van der Waals surface area contributed by atoms with Crippen LogP contribution in [-0.2, 0) is 14.2 Å². The zero-order valence-electron chi connectivity index (χ0n) is 15.9. The van der Waals surface area contributed by atoms with Crippen molar-refractivity contribution in [2.24, 2.45) is 0 Å². The molecule has 0 radical (unpaired) electrons. The van der Waals surface area contributed by atoms with E-state index < -0.39 is 6.09 Å². The van der Waals surface area contributed by atoms with Crippen LogP contribution in [0.4, 0.5) is 4.79 Å².